The number of benzene rings is 1. The lowest BCUT2D eigenvalue weighted by atomic mass is 10.3. The molecule has 0 unspecified atom stereocenters. The number of carbonyl (C=O) groups is 1. The molecule has 0 aliphatic heterocycles. The van der Waals surface area contributed by atoms with Crippen molar-refractivity contribution in [2.75, 3.05) is 19.8 Å². The second kappa shape index (κ2) is 6.72. The Balaban J connectivity index is 2.26. The van der Waals surface area contributed by atoms with Crippen LogP contribution in [0.25, 0.3) is 5.69 Å². The first-order chi connectivity index (χ1) is 9.74. The zero-order valence-corrected chi connectivity index (χ0v) is 11.2. The summed E-state index contributed by atoms with van der Waals surface area (Å²) in [4.78, 5) is 11.2. The Morgan fingerprint density at radius 3 is 2.70 bits per heavy atom. The van der Waals surface area contributed by atoms with Crippen molar-refractivity contribution < 1.29 is 19.4 Å². The second-order valence-electron chi connectivity index (χ2n) is 3.96. The average Bonchev–Trinajstić information content (AvgIpc) is 2.88. The van der Waals surface area contributed by atoms with E-state index in [1.165, 1.54) is 10.9 Å². The summed E-state index contributed by atoms with van der Waals surface area (Å²) in [6, 6.07) is 9.23. The van der Waals surface area contributed by atoms with E-state index < -0.39 is 5.97 Å². The van der Waals surface area contributed by atoms with Crippen LogP contribution >= 0.6 is 0 Å². The van der Waals surface area contributed by atoms with E-state index in [1.54, 1.807) is 0 Å². The van der Waals surface area contributed by atoms with Gasteiger partial charge in [-0.2, -0.15) is 5.10 Å². The molecular formula is C14H16N2O4. The summed E-state index contributed by atoms with van der Waals surface area (Å²) < 4.78 is 12.2. The average molecular weight is 276 g/mol. The number of hydrogen-bond donors (Lipinski definition) is 1. The minimum Gasteiger partial charge on any atom is -0.477 e. The van der Waals surface area contributed by atoms with E-state index in [-0.39, 0.29) is 18.1 Å². The molecular weight excluding hydrogens is 260 g/mol. The third kappa shape index (κ3) is 3.16. The number of hydrogen-bond acceptors (Lipinski definition) is 4. The van der Waals surface area contributed by atoms with Gasteiger partial charge in [-0.25, -0.2) is 9.48 Å². The predicted octanol–water partition coefficient (Wildman–Crippen LogP) is 1.99. The highest BCUT2D eigenvalue weighted by molar-refractivity contribution is 5.90. The number of nitrogens with zero attached hydrogens (tertiary/aromatic N) is 2. The molecule has 2 rings (SSSR count). The maximum absolute atomic E-state index is 11.2. The number of carboxylic acids is 1. The summed E-state index contributed by atoms with van der Waals surface area (Å²) in [6.07, 6.45) is 1.28. The smallest absolute Gasteiger partial charge is 0.342 e. The number of para-hydroxylation sites is 1. The molecule has 0 spiro atoms. The van der Waals surface area contributed by atoms with Gasteiger partial charge in [-0.3, -0.25) is 0 Å². The molecule has 6 nitrogen and oxygen atoms in total. The van der Waals surface area contributed by atoms with Crippen molar-refractivity contribution in [2.45, 2.75) is 6.92 Å². The fraction of sp³-hybridized carbons (Fsp3) is 0.286. The standard InChI is InChI=1S/C14H16N2O4/c1-2-19-8-9-20-13-12(14(17)18)10-15-16(13)11-6-4-3-5-7-11/h3-7,10H,2,8-9H2,1H3,(H,17,18). The molecule has 0 saturated carbocycles. The van der Waals surface area contributed by atoms with Gasteiger partial charge in [0.15, 0.2) is 0 Å². The Bertz CT molecular complexity index is 566. The van der Waals surface area contributed by atoms with Crippen LogP contribution in [-0.2, 0) is 4.74 Å². The van der Waals surface area contributed by atoms with E-state index in [0.717, 1.165) is 5.69 Å². The lowest BCUT2D eigenvalue weighted by Crippen LogP contribution is -2.11. The van der Waals surface area contributed by atoms with Crippen LogP contribution in [0.3, 0.4) is 0 Å². The van der Waals surface area contributed by atoms with Crippen molar-refractivity contribution in [3.8, 4) is 11.6 Å². The van der Waals surface area contributed by atoms with E-state index in [4.69, 9.17) is 14.6 Å². The molecule has 0 radical (unpaired) electrons. The first kappa shape index (κ1) is 14.1. The molecule has 0 aliphatic carbocycles. The van der Waals surface area contributed by atoms with Crippen LogP contribution in [0.5, 0.6) is 5.88 Å². The third-order valence-electron chi connectivity index (χ3n) is 2.63. The highest BCUT2D eigenvalue weighted by Gasteiger charge is 2.19. The van der Waals surface area contributed by atoms with Gasteiger partial charge in [0.25, 0.3) is 0 Å². The number of rotatable bonds is 7. The summed E-state index contributed by atoms with van der Waals surface area (Å²) in [7, 11) is 0. The zero-order chi connectivity index (χ0) is 14.4. The maximum atomic E-state index is 11.2. The minimum absolute atomic E-state index is 0.0327. The van der Waals surface area contributed by atoms with E-state index in [1.807, 2.05) is 37.3 Å². The molecule has 1 N–H and O–H groups in total. The van der Waals surface area contributed by atoms with Crippen molar-refractivity contribution in [1.29, 1.82) is 0 Å². The number of aromatic carboxylic acids is 1. The lowest BCUT2D eigenvalue weighted by molar-refractivity contribution is 0.0685. The normalized spacial score (nSPS) is 10.4. The quantitative estimate of drug-likeness (QED) is 0.783. The largest absolute Gasteiger partial charge is 0.477 e. The van der Waals surface area contributed by atoms with Crippen LogP contribution < -0.4 is 4.74 Å². The monoisotopic (exact) mass is 276 g/mol. The molecule has 0 saturated heterocycles. The SMILES string of the molecule is CCOCCOc1c(C(=O)O)cnn1-c1ccccc1. The van der Waals surface area contributed by atoms with Gasteiger partial charge in [0.2, 0.25) is 5.88 Å². The van der Waals surface area contributed by atoms with E-state index in [0.29, 0.717) is 13.2 Å². The molecule has 0 aliphatic rings. The summed E-state index contributed by atoms with van der Waals surface area (Å²) in [5, 5.41) is 13.2. The Labute approximate surface area is 116 Å². The Morgan fingerprint density at radius 2 is 2.05 bits per heavy atom. The molecule has 20 heavy (non-hydrogen) atoms. The van der Waals surface area contributed by atoms with Crippen molar-refractivity contribution in [3.05, 3.63) is 42.1 Å². The van der Waals surface area contributed by atoms with Gasteiger partial charge in [0.05, 0.1) is 18.5 Å². The Kier molecular flexibility index (Phi) is 4.73. The van der Waals surface area contributed by atoms with Gasteiger partial charge in [-0.1, -0.05) is 18.2 Å². The van der Waals surface area contributed by atoms with Gasteiger partial charge in [-0.15, -0.1) is 0 Å². The van der Waals surface area contributed by atoms with Gasteiger partial charge in [-0.05, 0) is 19.1 Å². The summed E-state index contributed by atoms with van der Waals surface area (Å²) in [5.74, 6) is -0.859. The zero-order valence-electron chi connectivity index (χ0n) is 11.2. The van der Waals surface area contributed by atoms with Crippen molar-refractivity contribution in [1.82, 2.24) is 9.78 Å². The van der Waals surface area contributed by atoms with Crippen LogP contribution in [0.1, 0.15) is 17.3 Å². The van der Waals surface area contributed by atoms with Crippen LogP contribution in [0.15, 0.2) is 36.5 Å². The molecule has 2 aromatic rings. The van der Waals surface area contributed by atoms with Gasteiger partial charge in [0.1, 0.15) is 12.2 Å². The number of aromatic nitrogens is 2. The van der Waals surface area contributed by atoms with E-state index in [9.17, 15) is 4.79 Å². The molecule has 106 valence electrons. The van der Waals surface area contributed by atoms with Crippen LogP contribution in [-0.4, -0.2) is 40.7 Å². The van der Waals surface area contributed by atoms with Crippen LogP contribution in [0.2, 0.25) is 0 Å². The molecule has 6 heteroatoms. The summed E-state index contributed by atoms with van der Waals surface area (Å²) in [5.41, 5.74) is 0.775. The van der Waals surface area contributed by atoms with Gasteiger partial charge < -0.3 is 14.6 Å². The van der Waals surface area contributed by atoms with Crippen molar-refractivity contribution in [3.63, 3.8) is 0 Å². The molecule has 0 amide bonds. The highest BCUT2D eigenvalue weighted by Crippen LogP contribution is 2.22. The Hall–Kier alpha value is -2.34. The van der Waals surface area contributed by atoms with Gasteiger partial charge in [0, 0.05) is 6.61 Å². The fourth-order valence-corrected chi connectivity index (χ4v) is 1.72. The highest BCUT2D eigenvalue weighted by atomic mass is 16.5. The van der Waals surface area contributed by atoms with Crippen molar-refractivity contribution >= 4 is 5.97 Å². The lowest BCUT2D eigenvalue weighted by Gasteiger charge is -2.10. The minimum atomic E-state index is -1.07. The molecule has 0 fully saturated rings. The first-order valence-corrected chi connectivity index (χ1v) is 6.31. The van der Waals surface area contributed by atoms with Crippen molar-refractivity contribution in [2.24, 2.45) is 0 Å². The molecule has 1 aromatic carbocycles. The number of carboxylic acid groups (broad SMARTS) is 1. The van der Waals surface area contributed by atoms with E-state index in [2.05, 4.69) is 5.10 Å². The molecule has 1 aromatic heterocycles. The van der Waals surface area contributed by atoms with Crippen LogP contribution in [0, 0.1) is 0 Å². The topological polar surface area (TPSA) is 73.6 Å². The first-order valence-electron chi connectivity index (χ1n) is 6.31. The molecule has 0 atom stereocenters. The molecule has 0 bridgehead atoms. The summed E-state index contributed by atoms with van der Waals surface area (Å²) in [6.45, 7) is 3.15. The Morgan fingerprint density at radius 1 is 1.30 bits per heavy atom. The fourth-order valence-electron chi connectivity index (χ4n) is 1.72. The molecule has 1 heterocycles. The predicted molar refractivity (Wildman–Crippen MR) is 72.5 cm³/mol. The van der Waals surface area contributed by atoms with E-state index >= 15 is 0 Å². The number of ether oxygens (including phenoxy) is 2. The van der Waals surface area contributed by atoms with Crippen LogP contribution in [0.4, 0.5) is 0 Å². The summed E-state index contributed by atoms with van der Waals surface area (Å²) >= 11 is 0. The second-order valence-corrected chi connectivity index (χ2v) is 3.96. The maximum Gasteiger partial charge on any atom is 0.342 e. The van der Waals surface area contributed by atoms with Gasteiger partial charge >= 0.3 is 5.97 Å². The third-order valence-corrected chi connectivity index (χ3v) is 2.63.